The number of fused-ring (bicyclic) bond motifs is 2. The summed E-state index contributed by atoms with van der Waals surface area (Å²) in [7, 11) is 3.90. The van der Waals surface area contributed by atoms with E-state index < -0.39 is 0 Å². The summed E-state index contributed by atoms with van der Waals surface area (Å²) in [6.07, 6.45) is 1.00. The lowest BCUT2D eigenvalue weighted by atomic mass is 10.1. The van der Waals surface area contributed by atoms with Gasteiger partial charge in [-0.1, -0.05) is 42.5 Å². The molecule has 0 unspecified atom stereocenters. The van der Waals surface area contributed by atoms with Crippen LogP contribution in [0.2, 0.25) is 0 Å². The molecule has 29 heavy (non-hydrogen) atoms. The summed E-state index contributed by atoms with van der Waals surface area (Å²) in [6.45, 7) is 3.48. The van der Waals surface area contributed by atoms with Gasteiger partial charge in [0.05, 0.1) is 12.8 Å². The molecule has 0 atom stereocenters. The van der Waals surface area contributed by atoms with Crippen LogP contribution in [0.1, 0.15) is 11.1 Å². The van der Waals surface area contributed by atoms with Crippen LogP contribution in [0.5, 0.6) is 11.5 Å². The number of nitrogens with zero attached hydrogens (tertiary/aromatic N) is 2. The van der Waals surface area contributed by atoms with Crippen LogP contribution in [0.4, 0.5) is 11.4 Å². The van der Waals surface area contributed by atoms with E-state index >= 15 is 0 Å². The first-order valence-electron chi connectivity index (χ1n) is 10.1. The van der Waals surface area contributed by atoms with E-state index in [0.29, 0.717) is 6.61 Å². The summed E-state index contributed by atoms with van der Waals surface area (Å²) in [6, 6.07) is 25.2. The van der Waals surface area contributed by atoms with E-state index in [1.165, 1.54) is 16.8 Å². The van der Waals surface area contributed by atoms with E-state index in [4.69, 9.17) is 9.47 Å². The maximum absolute atomic E-state index is 6.07. The summed E-state index contributed by atoms with van der Waals surface area (Å²) in [5.41, 5.74) is 4.90. The Morgan fingerprint density at radius 2 is 1.72 bits per heavy atom. The zero-order valence-corrected chi connectivity index (χ0v) is 17.2. The predicted molar refractivity (Wildman–Crippen MR) is 118 cm³/mol. The first-order chi connectivity index (χ1) is 14.2. The molecule has 1 aliphatic rings. The van der Waals surface area contributed by atoms with Gasteiger partial charge in [-0.05, 0) is 49.4 Å². The Morgan fingerprint density at radius 1 is 0.931 bits per heavy atom. The minimum atomic E-state index is 0.607. The van der Waals surface area contributed by atoms with E-state index in [1.54, 1.807) is 7.11 Å². The topological polar surface area (TPSA) is 24.9 Å². The molecule has 0 N–H and O–H groups in total. The second kappa shape index (κ2) is 9.01. The van der Waals surface area contributed by atoms with E-state index in [9.17, 15) is 0 Å². The van der Waals surface area contributed by atoms with Gasteiger partial charge in [-0.25, -0.2) is 0 Å². The van der Waals surface area contributed by atoms with E-state index in [0.717, 1.165) is 43.2 Å². The van der Waals surface area contributed by atoms with E-state index in [-0.39, 0.29) is 0 Å². The van der Waals surface area contributed by atoms with Crippen LogP contribution in [0.3, 0.4) is 0 Å². The highest BCUT2D eigenvalue weighted by Gasteiger charge is 2.21. The molecule has 1 aliphatic heterocycles. The SMILES string of the molecule is COc1cccc(CCN(C)CCN2c3ccccc3COc3ccccc32)c1. The molecule has 1 heterocycles. The molecule has 4 heteroatoms. The molecule has 0 bridgehead atoms. The molecule has 0 saturated carbocycles. The molecule has 150 valence electrons. The van der Waals surface area contributed by atoms with Gasteiger partial charge in [0.25, 0.3) is 0 Å². The summed E-state index contributed by atoms with van der Waals surface area (Å²) < 4.78 is 11.4. The van der Waals surface area contributed by atoms with E-state index in [1.807, 2.05) is 12.1 Å². The zero-order chi connectivity index (χ0) is 20.1. The Bertz CT molecular complexity index is 909. The Labute approximate surface area is 173 Å². The van der Waals surface area contributed by atoms with Crippen LogP contribution in [0, 0.1) is 0 Å². The third-order valence-electron chi connectivity index (χ3n) is 5.44. The quantitative estimate of drug-likeness (QED) is 0.575. The maximum Gasteiger partial charge on any atom is 0.143 e. The standard InChI is InChI=1S/C25H28N2O2/c1-26(15-14-20-8-7-10-22(18-20)28-2)16-17-27-23-11-4-3-9-21(23)19-29-25-13-6-5-12-24(25)27/h3-13,18H,14-17,19H2,1-2H3. The van der Waals surface area contributed by atoms with Crippen molar-refractivity contribution in [3.05, 3.63) is 83.9 Å². The number of anilines is 2. The van der Waals surface area contributed by atoms with Gasteiger partial charge in [0, 0.05) is 30.9 Å². The average Bonchev–Trinajstić information content (AvgIpc) is 2.93. The number of likely N-dealkylation sites (N-methyl/N-ethyl adjacent to an activating group) is 1. The highest BCUT2D eigenvalue weighted by molar-refractivity contribution is 5.72. The molecule has 0 aliphatic carbocycles. The number of benzene rings is 3. The van der Waals surface area contributed by atoms with Crippen LogP contribution >= 0.6 is 0 Å². The molecule has 0 radical (unpaired) electrons. The summed E-state index contributed by atoms with van der Waals surface area (Å²) in [5.74, 6) is 1.87. The Kier molecular flexibility index (Phi) is 6.01. The van der Waals surface area contributed by atoms with Gasteiger partial charge in [-0.3, -0.25) is 0 Å². The molecule has 4 rings (SSSR count). The van der Waals surface area contributed by atoms with Crippen LogP contribution < -0.4 is 14.4 Å². The van der Waals surface area contributed by atoms with Crippen LogP contribution in [0.25, 0.3) is 0 Å². The van der Waals surface area contributed by atoms with Gasteiger partial charge in [0.1, 0.15) is 18.1 Å². The lowest BCUT2D eigenvalue weighted by Crippen LogP contribution is -2.32. The number of ether oxygens (including phenoxy) is 2. The summed E-state index contributed by atoms with van der Waals surface area (Å²) >= 11 is 0. The minimum Gasteiger partial charge on any atom is -0.497 e. The van der Waals surface area contributed by atoms with Gasteiger partial charge < -0.3 is 19.3 Å². The Hall–Kier alpha value is -2.98. The van der Waals surface area contributed by atoms with Crippen molar-refractivity contribution in [1.82, 2.24) is 4.90 Å². The average molecular weight is 389 g/mol. The van der Waals surface area contributed by atoms with E-state index in [2.05, 4.69) is 77.5 Å². The molecule has 4 nitrogen and oxygen atoms in total. The fraction of sp³-hybridized carbons (Fsp3) is 0.280. The fourth-order valence-corrected chi connectivity index (χ4v) is 3.76. The summed E-state index contributed by atoms with van der Waals surface area (Å²) in [4.78, 5) is 4.77. The van der Waals surface area contributed by atoms with Crippen molar-refractivity contribution in [2.24, 2.45) is 0 Å². The highest BCUT2D eigenvalue weighted by Crippen LogP contribution is 2.38. The van der Waals surface area contributed by atoms with Crippen molar-refractivity contribution in [3.63, 3.8) is 0 Å². The molecule has 3 aromatic rings. The van der Waals surface area contributed by atoms with Crippen LogP contribution in [0.15, 0.2) is 72.8 Å². The van der Waals surface area contributed by atoms with Crippen LogP contribution in [-0.2, 0) is 13.0 Å². The van der Waals surface area contributed by atoms with Gasteiger partial charge >= 0.3 is 0 Å². The molecule has 0 spiro atoms. The predicted octanol–water partition coefficient (Wildman–Crippen LogP) is 4.90. The van der Waals surface area contributed by atoms with Crippen molar-refractivity contribution in [2.75, 3.05) is 38.7 Å². The number of methoxy groups -OCH3 is 1. The van der Waals surface area contributed by atoms with Crippen molar-refractivity contribution in [2.45, 2.75) is 13.0 Å². The van der Waals surface area contributed by atoms with Gasteiger partial charge in [0.15, 0.2) is 0 Å². The molecule has 0 amide bonds. The number of hydrogen-bond donors (Lipinski definition) is 0. The molecule has 0 saturated heterocycles. The van der Waals surface area contributed by atoms with Gasteiger partial charge in [0.2, 0.25) is 0 Å². The second-order valence-corrected chi connectivity index (χ2v) is 7.44. The Morgan fingerprint density at radius 3 is 2.59 bits per heavy atom. The second-order valence-electron chi connectivity index (χ2n) is 7.44. The first-order valence-corrected chi connectivity index (χ1v) is 10.1. The monoisotopic (exact) mass is 388 g/mol. The summed E-state index contributed by atoms with van der Waals surface area (Å²) in [5, 5.41) is 0. The lowest BCUT2D eigenvalue weighted by Gasteiger charge is -2.28. The van der Waals surface area contributed by atoms with Crippen molar-refractivity contribution in [1.29, 1.82) is 0 Å². The molecule has 3 aromatic carbocycles. The third kappa shape index (κ3) is 4.54. The highest BCUT2D eigenvalue weighted by atomic mass is 16.5. The number of rotatable bonds is 7. The third-order valence-corrected chi connectivity index (χ3v) is 5.44. The molecule has 0 fully saturated rings. The maximum atomic E-state index is 6.07. The minimum absolute atomic E-state index is 0.607. The van der Waals surface area contributed by atoms with Crippen molar-refractivity contribution < 1.29 is 9.47 Å². The number of hydrogen-bond acceptors (Lipinski definition) is 4. The molecule has 0 aromatic heterocycles. The lowest BCUT2D eigenvalue weighted by molar-refractivity contribution is 0.310. The molecular formula is C25H28N2O2. The smallest absolute Gasteiger partial charge is 0.143 e. The van der Waals surface area contributed by atoms with Crippen molar-refractivity contribution >= 4 is 11.4 Å². The first kappa shape index (κ1) is 19.3. The number of para-hydroxylation sites is 3. The van der Waals surface area contributed by atoms with Crippen LogP contribution in [-0.4, -0.2) is 38.7 Å². The fourth-order valence-electron chi connectivity index (χ4n) is 3.76. The molecular weight excluding hydrogens is 360 g/mol. The van der Waals surface area contributed by atoms with Crippen molar-refractivity contribution in [3.8, 4) is 11.5 Å². The largest absolute Gasteiger partial charge is 0.497 e. The zero-order valence-electron chi connectivity index (χ0n) is 17.2. The normalized spacial score (nSPS) is 12.7. The van der Waals surface area contributed by atoms with Gasteiger partial charge in [-0.2, -0.15) is 0 Å². The Balaban J connectivity index is 1.44. The van der Waals surface area contributed by atoms with Gasteiger partial charge in [-0.15, -0.1) is 0 Å².